The van der Waals surface area contributed by atoms with Crippen LogP contribution in [0.1, 0.15) is 6.42 Å². The first-order chi connectivity index (χ1) is 8.63. The highest BCUT2D eigenvalue weighted by molar-refractivity contribution is 5.74. The van der Waals surface area contributed by atoms with Crippen LogP contribution in [-0.2, 0) is 9.53 Å². The summed E-state index contributed by atoms with van der Waals surface area (Å²) in [6.45, 7) is 4.29. The number of ether oxygens (including phenoxy) is 1. The average molecular weight is 259 g/mol. The maximum atomic E-state index is 11.7. The molecule has 1 aliphatic rings. The van der Waals surface area contributed by atoms with Gasteiger partial charge in [0.15, 0.2) is 0 Å². The van der Waals surface area contributed by atoms with Crippen molar-refractivity contribution < 1.29 is 19.4 Å². The van der Waals surface area contributed by atoms with Crippen LogP contribution in [0.5, 0.6) is 0 Å². The molecule has 7 nitrogen and oxygen atoms in total. The number of carboxylic acid groups (broad SMARTS) is 1. The second-order valence-corrected chi connectivity index (χ2v) is 4.20. The number of methoxy groups -OCH3 is 1. The Kier molecular flexibility index (Phi) is 6.45. The lowest BCUT2D eigenvalue weighted by molar-refractivity contribution is -0.137. The van der Waals surface area contributed by atoms with Crippen LogP contribution in [0.2, 0.25) is 0 Å². The van der Waals surface area contributed by atoms with E-state index in [1.54, 1.807) is 12.0 Å². The summed E-state index contributed by atoms with van der Waals surface area (Å²) in [6, 6.07) is -0.0788. The van der Waals surface area contributed by atoms with Gasteiger partial charge in [-0.15, -0.1) is 0 Å². The van der Waals surface area contributed by atoms with Crippen LogP contribution in [0.4, 0.5) is 4.79 Å². The van der Waals surface area contributed by atoms with Gasteiger partial charge in [-0.25, -0.2) is 4.79 Å². The summed E-state index contributed by atoms with van der Waals surface area (Å²) in [7, 11) is 1.59. The van der Waals surface area contributed by atoms with Gasteiger partial charge in [0.05, 0.1) is 13.0 Å². The molecule has 0 atom stereocenters. The Morgan fingerprint density at radius 3 is 2.50 bits per heavy atom. The predicted octanol–water partition coefficient (Wildman–Crippen LogP) is -0.565. The highest BCUT2D eigenvalue weighted by atomic mass is 16.5. The molecule has 0 unspecified atom stereocenters. The first-order valence-electron chi connectivity index (χ1n) is 6.09. The van der Waals surface area contributed by atoms with Crippen molar-refractivity contribution in [3.05, 3.63) is 0 Å². The summed E-state index contributed by atoms with van der Waals surface area (Å²) >= 11 is 0. The number of carbonyl (C=O) groups excluding carboxylic acids is 1. The van der Waals surface area contributed by atoms with Gasteiger partial charge in [-0.05, 0) is 0 Å². The fourth-order valence-electron chi connectivity index (χ4n) is 1.80. The quantitative estimate of drug-likeness (QED) is 0.625. The molecule has 104 valence electrons. The maximum Gasteiger partial charge on any atom is 0.317 e. The largest absolute Gasteiger partial charge is 0.481 e. The number of urea groups is 1. The number of carboxylic acids is 1. The third kappa shape index (κ3) is 5.33. The smallest absolute Gasteiger partial charge is 0.317 e. The summed E-state index contributed by atoms with van der Waals surface area (Å²) in [5, 5.41) is 11.4. The van der Waals surface area contributed by atoms with Crippen molar-refractivity contribution in [1.82, 2.24) is 15.1 Å². The molecule has 0 radical (unpaired) electrons. The Hall–Kier alpha value is -1.34. The summed E-state index contributed by atoms with van der Waals surface area (Å²) in [5.41, 5.74) is 0. The lowest BCUT2D eigenvalue weighted by atomic mass is 10.3. The van der Waals surface area contributed by atoms with Crippen molar-refractivity contribution in [2.24, 2.45) is 0 Å². The van der Waals surface area contributed by atoms with E-state index in [9.17, 15) is 9.59 Å². The van der Waals surface area contributed by atoms with Gasteiger partial charge >= 0.3 is 12.0 Å². The van der Waals surface area contributed by atoms with Gasteiger partial charge in [0.1, 0.15) is 0 Å². The topological polar surface area (TPSA) is 82.1 Å². The van der Waals surface area contributed by atoms with E-state index in [4.69, 9.17) is 9.84 Å². The highest BCUT2D eigenvalue weighted by Crippen LogP contribution is 2.02. The Morgan fingerprint density at radius 2 is 1.94 bits per heavy atom. The van der Waals surface area contributed by atoms with Crippen LogP contribution in [0.15, 0.2) is 0 Å². The van der Waals surface area contributed by atoms with E-state index in [2.05, 4.69) is 10.2 Å². The molecule has 7 heteroatoms. The first-order valence-corrected chi connectivity index (χ1v) is 6.09. The van der Waals surface area contributed by atoms with Crippen molar-refractivity contribution in [3.8, 4) is 0 Å². The molecule has 18 heavy (non-hydrogen) atoms. The van der Waals surface area contributed by atoms with E-state index in [0.717, 1.165) is 13.1 Å². The van der Waals surface area contributed by atoms with Crippen molar-refractivity contribution in [2.45, 2.75) is 6.42 Å². The molecule has 1 saturated heterocycles. The number of nitrogens with one attached hydrogen (secondary N) is 1. The standard InChI is InChI=1S/C11H21N3O4/c1-18-9-3-12-11(17)14-7-5-13(6-8-14)4-2-10(15)16/h2-9H2,1H3,(H,12,17)(H,15,16). The average Bonchev–Trinajstić information content (AvgIpc) is 2.37. The van der Waals surface area contributed by atoms with Gasteiger partial charge in [0.2, 0.25) is 0 Å². The molecule has 0 aromatic carbocycles. The van der Waals surface area contributed by atoms with Gasteiger partial charge in [0, 0.05) is 46.4 Å². The van der Waals surface area contributed by atoms with Crippen LogP contribution in [-0.4, -0.2) is 79.9 Å². The molecule has 2 amide bonds. The van der Waals surface area contributed by atoms with E-state index in [1.807, 2.05) is 0 Å². The number of hydrogen-bond donors (Lipinski definition) is 2. The van der Waals surface area contributed by atoms with Crippen LogP contribution in [0.25, 0.3) is 0 Å². The number of carbonyl (C=O) groups is 2. The SMILES string of the molecule is COCCNC(=O)N1CCN(CCC(=O)O)CC1. The summed E-state index contributed by atoms with van der Waals surface area (Å²) in [5.74, 6) is -0.783. The lowest BCUT2D eigenvalue weighted by Gasteiger charge is -2.34. The van der Waals surface area contributed by atoms with Crippen molar-refractivity contribution >= 4 is 12.0 Å². The molecule has 0 aromatic rings. The number of rotatable bonds is 6. The second-order valence-electron chi connectivity index (χ2n) is 4.20. The number of aliphatic carboxylic acids is 1. The van der Waals surface area contributed by atoms with Gasteiger partial charge in [-0.3, -0.25) is 9.69 Å². The summed E-state index contributed by atoms with van der Waals surface area (Å²) in [6.07, 6.45) is 0.153. The zero-order valence-electron chi connectivity index (χ0n) is 10.7. The van der Waals surface area contributed by atoms with E-state index < -0.39 is 5.97 Å². The van der Waals surface area contributed by atoms with Crippen molar-refractivity contribution in [2.75, 3.05) is 53.0 Å². The minimum absolute atomic E-state index is 0.0788. The van der Waals surface area contributed by atoms with Gasteiger partial charge < -0.3 is 20.1 Å². The molecule has 1 fully saturated rings. The van der Waals surface area contributed by atoms with Gasteiger partial charge in [-0.2, -0.15) is 0 Å². The highest BCUT2D eigenvalue weighted by Gasteiger charge is 2.20. The number of nitrogens with zero attached hydrogens (tertiary/aromatic N) is 2. The second kappa shape index (κ2) is 7.88. The Bertz CT molecular complexity index is 277. The number of amides is 2. The van der Waals surface area contributed by atoms with Gasteiger partial charge in [-0.1, -0.05) is 0 Å². The Morgan fingerprint density at radius 1 is 1.28 bits per heavy atom. The number of piperazine rings is 1. The fourth-order valence-corrected chi connectivity index (χ4v) is 1.80. The molecule has 1 aliphatic heterocycles. The summed E-state index contributed by atoms with van der Waals surface area (Å²) < 4.78 is 4.85. The normalized spacial score (nSPS) is 16.6. The lowest BCUT2D eigenvalue weighted by Crippen LogP contribution is -2.52. The third-order valence-electron chi connectivity index (χ3n) is 2.88. The van der Waals surface area contributed by atoms with Gasteiger partial charge in [0.25, 0.3) is 0 Å². The zero-order chi connectivity index (χ0) is 13.4. The predicted molar refractivity (Wildman–Crippen MR) is 65.5 cm³/mol. The van der Waals surface area contributed by atoms with Crippen molar-refractivity contribution in [1.29, 1.82) is 0 Å². The molecule has 1 heterocycles. The fraction of sp³-hybridized carbons (Fsp3) is 0.818. The summed E-state index contributed by atoms with van der Waals surface area (Å²) in [4.78, 5) is 25.9. The van der Waals surface area contributed by atoms with E-state index in [-0.39, 0.29) is 12.5 Å². The zero-order valence-corrected chi connectivity index (χ0v) is 10.7. The molecule has 0 aromatic heterocycles. The molecular formula is C11H21N3O4. The third-order valence-corrected chi connectivity index (χ3v) is 2.88. The maximum absolute atomic E-state index is 11.7. The van der Waals surface area contributed by atoms with E-state index in [1.165, 1.54) is 0 Å². The van der Waals surface area contributed by atoms with Crippen LogP contribution in [0, 0.1) is 0 Å². The monoisotopic (exact) mass is 259 g/mol. The molecule has 0 bridgehead atoms. The molecule has 2 N–H and O–H groups in total. The Balaban J connectivity index is 2.17. The molecular weight excluding hydrogens is 238 g/mol. The first kappa shape index (κ1) is 14.7. The minimum Gasteiger partial charge on any atom is -0.481 e. The van der Waals surface area contributed by atoms with Crippen LogP contribution >= 0.6 is 0 Å². The van der Waals surface area contributed by atoms with E-state index in [0.29, 0.717) is 32.8 Å². The molecule has 1 rings (SSSR count). The van der Waals surface area contributed by atoms with Crippen molar-refractivity contribution in [3.63, 3.8) is 0 Å². The number of hydrogen-bond acceptors (Lipinski definition) is 4. The van der Waals surface area contributed by atoms with Crippen LogP contribution < -0.4 is 5.32 Å². The molecule has 0 aliphatic carbocycles. The Labute approximate surface area is 107 Å². The van der Waals surface area contributed by atoms with E-state index >= 15 is 0 Å². The minimum atomic E-state index is -0.783. The molecule has 0 saturated carbocycles. The molecule has 0 spiro atoms. The van der Waals surface area contributed by atoms with Crippen LogP contribution in [0.3, 0.4) is 0 Å².